The van der Waals surface area contributed by atoms with Crippen LogP contribution in [-0.4, -0.2) is 47.2 Å². The second-order valence-electron chi connectivity index (χ2n) is 7.94. The number of thiophene rings is 1. The van der Waals surface area contributed by atoms with Crippen molar-refractivity contribution in [1.29, 1.82) is 0 Å². The minimum atomic E-state index is 0.792. The van der Waals surface area contributed by atoms with Crippen molar-refractivity contribution in [3.05, 3.63) is 94.5 Å². The molecule has 162 valence electrons. The fourth-order valence-electron chi connectivity index (χ4n) is 3.94. The van der Waals surface area contributed by atoms with E-state index in [2.05, 4.69) is 53.0 Å². The standard InChI is InChI=1S/C25H24ClN5S/c26-22-10-8-20(9-11-22)18-29-12-14-30(15-13-29)27-17-21-19-31(23-5-2-1-3-6-23)28-25(21)24-7-4-16-32-24/h1-11,16-17,19H,12-15,18H2/p+1/b27-17-. The van der Waals surface area contributed by atoms with Gasteiger partial charge in [-0.2, -0.15) is 10.2 Å². The van der Waals surface area contributed by atoms with Crippen molar-refractivity contribution in [2.45, 2.75) is 6.54 Å². The average Bonchev–Trinajstić information content (AvgIpc) is 3.51. The maximum Gasteiger partial charge on any atom is 0.112 e. The molecule has 3 heterocycles. The summed E-state index contributed by atoms with van der Waals surface area (Å²) >= 11 is 7.70. The SMILES string of the molecule is Clc1ccc(C[NH+]2CCN(/N=C\c3cn(-c4ccccc4)nc3-c3cccs3)CC2)cc1. The fourth-order valence-corrected chi connectivity index (χ4v) is 4.79. The van der Waals surface area contributed by atoms with Gasteiger partial charge in [-0.25, -0.2) is 4.68 Å². The predicted octanol–water partition coefficient (Wildman–Crippen LogP) is 3.99. The molecule has 1 aliphatic heterocycles. The van der Waals surface area contributed by atoms with Crippen LogP contribution in [0.5, 0.6) is 0 Å². The summed E-state index contributed by atoms with van der Waals surface area (Å²) < 4.78 is 1.94. The summed E-state index contributed by atoms with van der Waals surface area (Å²) in [5, 5.41) is 14.7. The molecule has 2 aromatic carbocycles. The van der Waals surface area contributed by atoms with Gasteiger partial charge in [0.15, 0.2) is 0 Å². The molecule has 0 aliphatic carbocycles. The van der Waals surface area contributed by atoms with Crippen LogP contribution < -0.4 is 4.90 Å². The number of nitrogens with one attached hydrogen (secondary N) is 1. The Morgan fingerprint density at radius 3 is 2.50 bits per heavy atom. The van der Waals surface area contributed by atoms with E-state index in [1.54, 1.807) is 16.2 Å². The van der Waals surface area contributed by atoms with Crippen molar-refractivity contribution in [2.75, 3.05) is 26.2 Å². The number of aromatic nitrogens is 2. The lowest BCUT2D eigenvalue weighted by molar-refractivity contribution is -0.918. The smallest absolute Gasteiger partial charge is 0.112 e. The summed E-state index contributed by atoms with van der Waals surface area (Å²) in [6.45, 7) is 5.06. The first-order valence-corrected chi connectivity index (χ1v) is 12.1. The van der Waals surface area contributed by atoms with E-state index in [0.717, 1.165) is 59.6 Å². The third kappa shape index (κ3) is 4.93. The molecule has 1 saturated heterocycles. The maximum absolute atomic E-state index is 6.00. The molecule has 0 radical (unpaired) electrons. The van der Waals surface area contributed by atoms with Crippen molar-refractivity contribution in [3.63, 3.8) is 0 Å². The molecule has 5 rings (SSSR count). The van der Waals surface area contributed by atoms with Crippen LogP contribution >= 0.6 is 22.9 Å². The van der Waals surface area contributed by atoms with Gasteiger partial charge in [-0.05, 0) is 35.7 Å². The van der Waals surface area contributed by atoms with E-state index in [-0.39, 0.29) is 0 Å². The molecule has 0 atom stereocenters. The zero-order chi connectivity index (χ0) is 21.8. The molecule has 5 nitrogen and oxygen atoms in total. The van der Waals surface area contributed by atoms with Crippen LogP contribution in [0.1, 0.15) is 11.1 Å². The Labute approximate surface area is 197 Å². The number of para-hydroxylation sites is 1. The van der Waals surface area contributed by atoms with Crippen molar-refractivity contribution in [3.8, 4) is 16.3 Å². The van der Waals surface area contributed by atoms with Gasteiger partial charge in [0.2, 0.25) is 0 Å². The van der Waals surface area contributed by atoms with Crippen molar-refractivity contribution >= 4 is 29.2 Å². The minimum absolute atomic E-state index is 0.792. The molecule has 0 bridgehead atoms. The monoisotopic (exact) mass is 462 g/mol. The van der Waals surface area contributed by atoms with Gasteiger partial charge in [0, 0.05) is 22.3 Å². The van der Waals surface area contributed by atoms with E-state index >= 15 is 0 Å². The number of rotatable bonds is 6. The molecule has 1 N–H and O–H groups in total. The maximum atomic E-state index is 6.00. The van der Waals surface area contributed by atoms with Gasteiger partial charge in [-0.3, -0.25) is 5.01 Å². The van der Waals surface area contributed by atoms with Crippen LogP contribution in [0, 0.1) is 0 Å². The molecular weight excluding hydrogens is 438 g/mol. The summed E-state index contributed by atoms with van der Waals surface area (Å²) in [6, 6.07) is 22.6. The van der Waals surface area contributed by atoms with Gasteiger partial charge in [0.05, 0.1) is 43.0 Å². The first kappa shape index (κ1) is 20.9. The van der Waals surface area contributed by atoms with Crippen LogP contribution in [0.4, 0.5) is 0 Å². The van der Waals surface area contributed by atoms with Crippen molar-refractivity contribution in [1.82, 2.24) is 14.8 Å². The van der Waals surface area contributed by atoms with E-state index in [4.69, 9.17) is 21.8 Å². The number of piperazine rings is 1. The van der Waals surface area contributed by atoms with Gasteiger partial charge in [0.1, 0.15) is 12.2 Å². The van der Waals surface area contributed by atoms with Gasteiger partial charge >= 0.3 is 0 Å². The zero-order valence-corrected chi connectivity index (χ0v) is 19.3. The Kier molecular flexibility index (Phi) is 6.34. The van der Waals surface area contributed by atoms with Gasteiger partial charge in [0.25, 0.3) is 0 Å². The average molecular weight is 463 g/mol. The number of nitrogens with zero attached hydrogens (tertiary/aromatic N) is 4. The fraction of sp³-hybridized carbons (Fsp3) is 0.200. The third-order valence-corrected chi connectivity index (χ3v) is 6.82. The topological polar surface area (TPSA) is 37.9 Å². The summed E-state index contributed by atoms with van der Waals surface area (Å²) in [4.78, 5) is 2.73. The number of hydrogen-bond acceptors (Lipinski definition) is 4. The molecule has 1 aliphatic rings. The first-order valence-electron chi connectivity index (χ1n) is 10.8. The van der Waals surface area contributed by atoms with Crippen molar-refractivity contribution in [2.24, 2.45) is 5.10 Å². The van der Waals surface area contributed by atoms with Gasteiger partial charge in [-0.1, -0.05) is 48.0 Å². The molecular formula is C25H25ClN5S+. The Morgan fingerprint density at radius 1 is 1.00 bits per heavy atom. The van der Waals surface area contributed by atoms with Crippen LogP contribution in [0.3, 0.4) is 0 Å². The number of quaternary nitrogens is 1. The van der Waals surface area contributed by atoms with E-state index in [1.807, 2.05) is 41.2 Å². The number of halogens is 1. The van der Waals surface area contributed by atoms with Gasteiger partial charge < -0.3 is 4.90 Å². The minimum Gasteiger partial charge on any atom is -0.328 e. The summed E-state index contributed by atoms with van der Waals surface area (Å²) in [5.41, 5.74) is 4.38. The zero-order valence-electron chi connectivity index (χ0n) is 17.7. The quantitative estimate of drug-likeness (QED) is 0.440. The van der Waals surface area contributed by atoms with E-state index < -0.39 is 0 Å². The molecule has 0 saturated carbocycles. The van der Waals surface area contributed by atoms with Gasteiger partial charge in [-0.15, -0.1) is 11.3 Å². The largest absolute Gasteiger partial charge is 0.328 e. The number of hydrazone groups is 1. The molecule has 2 aromatic heterocycles. The Balaban J connectivity index is 1.27. The molecule has 32 heavy (non-hydrogen) atoms. The lowest BCUT2D eigenvalue weighted by atomic mass is 10.2. The normalized spacial score (nSPS) is 15.0. The second kappa shape index (κ2) is 9.69. The molecule has 7 heteroatoms. The molecule has 0 spiro atoms. The Bertz CT molecular complexity index is 1160. The second-order valence-corrected chi connectivity index (χ2v) is 9.33. The lowest BCUT2D eigenvalue weighted by Crippen LogP contribution is -3.13. The lowest BCUT2D eigenvalue weighted by Gasteiger charge is -2.30. The predicted molar refractivity (Wildman–Crippen MR) is 132 cm³/mol. The van der Waals surface area contributed by atoms with E-state index in [1.165, 1.54) is 5.56 Å². The van der Waals surface area contributed by atoms with Crippen LogP contribution in [0.25, 0.3) is 16.3 Å². The van der Waals surface area contributed by atoms with Crippen molar-refractivity contribution < 1.29 is 4.90 Å². The van der Waals surface area contributed by atoms with E-state index in [0.29, 0.717) is 0 Å². The highest BCUT2D eigenvalue weighted by molar-refractivity contribution is 7.13. The number of benzene rings is 2. The summed E-state index contributed by atoms with van der Waals surface area (Å²) in [5.74, 6) is 0. The highest BCUT2D eigenvalue weighted by Gasteiger charge is 2.19. The third-order valence-electron chi connectivity index (χ3n) is 5.69. The van der Waals surface area contributed by atoms with Crippen LogP contribution in [0.2, 0.25) is 5.02 Å². The first-order chi connectivity index (χ1) is 15.7. The Morgan fingerprint density at radius 2 is 1.78 bits per heavy atom. The molecule has 0 unspecified atom stereocenters. The van der Waals surface area contributed by atoms with Crippen LogP contribution in [-0.2, 0) is 6.54 Å². The summed E-state index contributed by atoms with van der Waals surface area (Å²) in [7, 11) is 0. The van der Waals surface area contributed by atoms with Crippen LogP contribution in [0.15, 0.2) is 83.4 Å². The number of hydrogen-bond donors (Lipinski definition) is 1. The summed E-state index contributed by atoms with van der Waals surface area (Å²) in [6.07, 6.45) is 4.03. The van der Waals surface area contributed by atoms with E-state index in [9.17, 15) is 0 Å². The molecule has 4 aromatic rings. The molecule has 1 fully saturated rings. The highest BCUT2D eigenvalue weighted by atomic mass is 35.5. The molecule has 0 amide bonds. The highest BCUT2D eigenvalue weighted by Crippen LogP contribution is 2.27. The Hall–Kier alpha value is -2.93.